The van der Waals surface area contributed by atoms with Crippen LogP contribution in [0.2, 0.25) is 19.0 Å². The van der Waals surface area contributed by atoms with Crippen molar-refractivity contribution in [1.29, 1.82) is 0 Å². The van der Waals surface area contributed by atoms with Crippen LogP contribution in [0.4, 0.5) is 0 Å². The molecule has 1 heteroatoms. The molecular formula is C7H15B. The number of unbranched alkanes of at least 4 members (excludes halogenated alkanes) is 1. The van der Waals surface area contributed by atoms with Crippen LogP contribution in [0, 0.1) is 0 Å². The Hall–Kier alpha value is 0.0649. The van der Waals surface area contributed by atoms with E-state index in [1.165, 1.54) is 25.6 Å². The average Bonchev–Trinajstić information content (AvgIpc) is 2.42. The highest BCUT2D eigenvalue weighted by Crippen LogP contribution is 2.41. The predicted octanol–water partition coefficient (Wildman–Crippen LogP) is 2.69. The molecule has 0 bridgehead atoms. The Labute approximate surface area is 52.7 Å². The van der Waals surface area contributed by atoms with E-state index in [2.05, 4.69) is 13.7 Å². The zero-order chi connectivity index (χ0) is 5.98. The van der Waals surface area contributed by atoms with Crippen molar-refractivity contribution < 1.29 is 0 Å². The SMILES string of the molecule is CCCCC1CB1C. The van der Waals surface area contributed by atoms with Gasteiger partial charge in [-0.2, -0.15) is 0 Å². The van der Waals surface area contributed by atoms with E-state index in [0.717, 1.165) is 12.5 Å². The molecule has 1 aliphatic heterocycles. The molecule has 1 saturated heterocycles. The third-order valence-electron chi connectivity index (χ3n) is 2.20. The van der Waals surface area contributed by atoms with E-state index < -0.39 is 0 Å². The van der Waals surface area contributed by atoms with Gasteiger partial charge < -0.3 is 0 Å². The number of hydrogen-bond acceptors (Lipinski definition) is 0. The summed E-state index contributed by atoms with van der Waals surface area (Å²) >= 11 is 0. The summed E-state index contributed by atoms with van der Waals surface area (Å²) in [6.45, 7) is 5.70. The zero-order valence-electron chi connectivity index (χ0n) is 5.98. The first-order chi connectivity index (χ1) is 3.84. The van der Waals surface area contributed by atoms with Crippen molar-refractivity contribution in [2.45, 2.75) is 45.1 Å². The van der Waals surface area contributed by atoms with E-state index in [4.69, 9.17) is 0 Å². The number of hydrogen-bond donors (Lipinski definition) is 0. The maximum absolute atomic E-state index is 2.36. The van der Waals surface area contributed by atoms with Crippen LogP contribution in [0.5, 0.6) is 0 Å². The van der Waals surface area contributed by atoms with E-state index in [0.29, 0.717) is 0 Å². The smallest absolute Gasteiger partial charge is 0.0859 e. The molecule has 0 amide bonds. The van der Waals surface area contributed by atoms with E-state index >= 15 is 0 Å². The van der Waals surface area contributed by atoms with Gasteiger partial charge in [-0.25, -0.2) is 0 Å². The Kier molecular flexibility index (Phi) is 1.98. The molecule has 0 saturated carbocycles. The largest absolute Gasteiger partial charge is 0.138 e. The van der Waals surface area contributed by atoms with Crippen molar-refractivity contribution in [3.63, 3.8) is 0 Å². The van der Waals surface area contributed by atoms with Gasteiger partial charge in [0.05, 0.1) is 0 Å². The quantitative estimate of drug-likeness (QED) is 0.490. The maximum atomic E-state index is 2.36. The van der Waals surface area contributed by atoms with Gasteiger partial charge in [-0.3, -0.25) is 0 Å². The third kappa shape index (κ3) is 1.54. The first kappa shape index (κ1) is 6.19. The van der Waals surface area contributed by atoms with E-state index in [1.54, 1.807) is 0 Å². The van der Waals surface area contributed by atoms with Crippen molar-refractivity contribution >= 4 is 6.71 Å². The standard InChI is InChI=1S/C7H15B/c1-3-4-5-7-6-8(7)2/h7H,3-6H2,1-2H3. The molecular weight excluding hydrogens is 94.9 g/mol. The first-order valence-electron chi connectivity index (χ1n) is 3.84. The lowest BCUT2D eigenvalue weighted by molar-refractivity contribution is 0.730. The van der Waals surface area contributed by atoms with E-state index in [-0.39, 0.29) is 0 Å². The lowest BCUT2D eigenvalue weighted by Crippen LogP contribution is -1.79. The summed E-state index contributed by atoms with van der Waals surface area (Å²) in [6, 6.07) is 0. The lowest BCUT2D eigenvalue weighted by Gasteiger charge is -1.91. The monoisotopic (exact) mass is 110 g/mol. The van der Waals surface area contributed by atoms with Crippen molar-refractivity contribution in [3.05, 3.63) is 0 Å². The third-order valence-corrected chi connectivity index (χ3v) is 2.20. The Bertz CT molecular complexity index is 70.8. The van der Waals surface area contributed by atoms with Crippen LogP contribution in [0.25, 0.3) is 0 Å². The molecule has 8 heavy (non-hydrogen) atoms. The van der Waals surface area contributed by atoms with Gasteiger partial charge in [0.15, 0.2) is 0 Å². The Morgan fingerprint density at radius 1 is 1.62 bits per heavy atom. The summed E-state index contributed by atoms with van der Waals surface area (Å²) in [5.74, 6) is 1.12. The van der Waals surface area contributed by atoms with Crippen molar-refractivity contribution in [2.75, 3.05) is 0 Å². The second-order valence-electron chi connectivity index (χ2n) is 3.12. The molecule has 46 valence electrons. The summed E-state index contributed by atoms with van der Waals surface area (Å²) in [5.41, 5.74) is 0. The minimum Gasteiger partial charge on any atom is -0.0859 e. The van der Waals surface area contributed by atoms with E-state index in [9.17, 15) is 0 Å². The summed E-state index contributed by atoms with van der Waals surface area (Å²) in [6.07, 6.45) is 5.84. The van der Waals surface area contributed by atoms with Crippen molar-refractivity contribution in [1.82, 2.24) is 0 Å². The van der Waals surface area contributed by atoms with Crippen molar-refractivity contribution in [3.8, 4) is 0 Å². The molecule has 0 aliphatic carbocycles. The number of rotatable bonds is 3. The maximum Gasteiger partial charge on any atom is 0.138 e. The van der Waals surface area contributed by atoms with Crippen LogP contribution in [0.3, 0.4) is 0 Å². The van der Waals surface area contributed by atoms with Gasteiger partial charge in [0.25, 0.3) is 0 Å². The van der Waals surface area contributed by atoms with Gasteiger partial charge in [-0.1, -0.05) is 45.1 Å². The molecule has 0 aromatic carbocycles. The minimum absolute atomic E-state index is 1.07. The summed E-state index contributed by atoms with van der Waals surface area (Å²) < 4.78 is 0. The fraction of sp³-hybridized carbons (Fsp3) is 1.00. The highest BCUT2D eigenvalue weighted by atomic mass is 14.1. The van der Waals surface area contributed by atoms with Crippen LogP contribution in [-0.4, -0.2) is 6.71 Å². The minimum atomic E-state index is 1.07. The highest BCUT2D eigenvalue weighted by Gasteiger charge is 2.34. The first-order valence-corrected chi connectivity index (χ1v) is 3.84. The van der Waals surface area contributed by atoms with Crippen molar-refractivity contribution in [2.24, 2.45) is 0 Å². The van der Waals surface area contributed by atoms with Gasteiger partial charge in [-0.15, -0.1) is 0 Å². The predicted molar refractivity (Wildman–Crippen MR) is 39.7 cm³/mol. The van der Waals surface area contributed by atoms with Crippen LogP contribution in [0.15, 0.2) is 0 Å². The zero-order valence-corrected chi connectivity index (χ0v) is 5.98. The fourth-order valence-corrected chi connectivity index (χ4v) is 1.27. The molecule has 0 N–H and O–H groups in total. The summed E-state index contributed by atoms with van der Waals surface area (Å²) in [5, 5.41) is 0. The molecule has 0 aromatic rings. The van der Waals surface area contributed by atoms with Gasteiger partial charge in [0.1, 0.15) is 6.71 Å². The Morgan fingerprint density at radius 3 is 2.62 bits per heavy atom. The molecule has 1 heterocycles. The summed E-state index contributed by atoms with van der Waals surface area (Å²) in [7, 11) is 0. The van der Waals surface area contributed by atoms with Crippen LogP contribution in [0.1, 0.15) is 26.2 Å². The highest BCUT2D eigenvalue weighted by molar-refractivity contribution is 6.70. The average molecular weight is 110 g/mol. The molecule has 0 spiro atoms. The molecule has 0 aromatic heterocycles. The molecule has 0 nitrogen and oxygen atoms in total. The molecule has 1 atom stereocenters. The van der Waals surface area contributed by atoms with Gasteiger partial charge in [0.2, 0.25) is 0 Å². The molecule has 1 fully saturated rings. The molecule has 1 aliphatic rings. The van der Waals surface area contributed by atoms with Crippen LogP contribution < -0.4 is 0 Å². The van der Waals surface area contributed by atoms with Gasteiger partial charge >= 0.3 is 0 Å². The normalized spacial score (nSPS) is 26.2. The molecule has 1 rings (SSSR count). The molecule has 1 unspecified atom stereocenters. The molecule has 0 radical (unpaired) electrons. The van der Waals surface area contributed by atoms with Gasteiger partial charge in [-0.05, 0) is 0 Å². The van der Waals surface area contributed by atoms with Crippen LogP contribution >= 0.6 is 0 Å². The lowest BCUT2D eigenvalue weighted by atomic mass is 9.70. The Balaban J connectivity index is 1.89. The summed E-state index contributed by atoms with van der Waals surface area (Å²) in [4.78, 5) is 0. The second-order valence-corrected chi connectivity index (χ2v) is 3.12. The fourth-order valence-electron chi connectivity index (χ4n) is 1.27. The van der Waals surface area contributed by atoms with E-state index in [1.807, 2.05) is 0 Å². The van der Waals surface area contributed by atoms with Crippen LogP contribution in [-0.2, 0) is 0 Å². The van der Waals surface area contributed by atoms with Gasteiger partial charge in [0, 0.05) is 0 Å². The Morgan fingerprint density at radius 2 is 2.25 bits per heavy atom. The topological polar surface area (TPSA) is 0 Å². The second kappa shape index (κ2) is 2.57.